The van der Waals surface area contributed by atoms with Crippen molar-refractivity contribution < 1.29 is 9.53 Å². The zero-order chi connectivity index (χ0) is 12.1. The van der Waals surface area contributed by atoms with E-state index in [0.717, 1.165) is 19.6 Å². The maximum Gasteiger partial charge on any atom is 0.309 e. The van der Waals surface area contributed by atoms with E-state index < -0.39 is 0 Å². The van der Waals surface area contributed by atoms with E-state index in [1.165, 1.54) is 20.0 Å². The molecule has 0 spiro atoms. The van der Waals surface area contributed by atoms with Crippen molar-refractivity contribution in [1.82, 2.24) is 4.90 Å². The van der Waals surface area contributed by atoms with Crippen LogP contribution in [0.2, 0.25) is 0 Å². The van der Waals surface area contributed by atoms with Crippen molar-refractivity contribution in [3.05, 3.63) is 0 Å². The first-order chi connectivity index (χ1) is 7.54. The fourth-order valence-corrected chi connectivity index (χ4v) is 2.35. The Hall–Kier alpha value is -0.610. The molecule has 1 rings (SSSR count). The van der Waals surface area contributed by atoms with Gasteiger partial charge in [0.2, 0.25) is 0 Å². The highest BCUT2D eigenvalue weighted by Crippen LogP contribution is 2.19. The second-order valence-electron chi connectivity index (χ2n) is 4.95. The van der Waals surface area contributed by atoms with Crippen LogP contribution in [0.4, 0.5) is 0 Å². The van der Waals surface area contributed by atoms with Gasteiger partial charge in [0.1, 0.15) is 0 Å². The van der Waals surface area contributed by atoms with Gasteiger partial charge in [-0.1, -0.05) is 6.92 Å². The second-order valence-corrected chi connectivity index (χ2v) is 4.95. The molecule has 1 aliphatic rings. The molecule has 4 nitrogen and oxygen atoms in total. The summed E-state index contributed by atoms with van der Waals surface area (Å²) in [4.78, 5) is 13.7. The lowest BCUT2D eigenvalue weighted by molar-refractivity contribution is -0.145. The average Bonchev–Trinajstić information content (AvgIpc) is 2.28. The first kappa shape index (κ1) is 13.5. The highest BCUT2D eigenvalue weighted by atomic mass is 16.5. The number of esters is 1. The van der Waals surface area contributed by atoms with Crippen LogP contribution in [0.25, 0.3) is 0 Å². The molecular weight excluding hydrogens is 204 g/mol. The smallest absolute Gasteiger partial charge is 0.309 e. The molecule has 0 amide bonds. The Morgan fingerprint density at radius 1 is 1.56 bits per heavy atom. The summed E-state index contributed by atoms with van der Waals surface area (Å²) in [6.45, 7) is 6.86. The van der Waals surface area contributed by atoms with Crippen LogP contribution in [0.3, 0.4) is 0 Å². The number of hydrogen-bond donors (Lipinski definition) is 1. The molecule has 2 N–H and O–H groups in total. The Labute approximate surface area is 98.1 Å². The van der Waals surface area contributed by atoms with Crippen molar-refractivity contribution >= 4 is 5.97 Å². The van der Waals surface area contributed by atoms with Crippen molar-refractivity contribution in [2.24, 2.45) is 17.6 Å². The number of hydrogen-bond acceptors (Lipinski definition) is 4. The lowest BCUT2D eigenvalue weighted by Crippen LogP contribution is -2.44. The quantitative estimate of drug-likeness (QED) is 0.725. The third-order valence-electron chi connectivity index (χ3n) is 3.42. The number of carbonyl (C=O) groups excluding carboxylic acids is 1. The molecule has 1 saturated heterocycles. The predicted molar refractivity (Wildman–Crippen MR) is 64.0 cm³/mol. The largest absolute Gasteiger partial charge is 0.469 e. The topological polar surface area (TPSA) is 55.6 Å². The minimum absolute atomic E-state index is 0.0446. The number of piperidine rings is 1. The van der Waals surface area contributed by atoms with Crippen molar-refractivity contribution in [2.75, 3.05) is 26.7 Å². The first-order valence-electron chi connectivity index (χ1n) is 6.10. The average molecular weight is 228 g/mol. The second kappa shape index (κ2) is 6.21. The molecule has 1 fully saturated rings. The van der Waals surface area contributed by atoms with Gasteiger partial charge in [0, 0.05) is 19.1 Å². The molecule has 1 heterocycles. The highest BCUT2D eigenvalue weighted by Gasteiger charge is 2.25. The minimum atomic E-state index is -0.122. The number of nitrogens with zero attached hydrogens (tertiary/aromatic N) is 1. The van der Waals surface area contributed by atoms with Crippen LogP contribution in [0, 0.1) is 11.8 Å². The van der Waals surface area contributed by atoms with Gasteiger partial charge in [0.15, 0.2) is 0 Å². The number of likely N-dealkylation sites (tertiary alicyclic amines) is 1. The van der Waals surface area contributed by atoms with Gasteiger partial charge in [0.05, 0.1) is 13.0 Å². The Bertz CT molecular complexity index is 231. The lowest BCUT2D eigenvalue weighted by Gasteiger charge is -2.35. The SMILES string of the molecule is COC(=O)C(C)CN1CCCC(C(C)N)C1. The van der Waals surface area contributed by atoms with Crippen molar-refractivity contribution in [2.45, 2.75) is 32.7 Å². The predicted octanol–water partition coefficient (Wildman–Crippen LogP) is 0.855. The summed E-state index contributed by atoms with van der Waals surface area (Å²) in [5.74, 6) is 0.401. The summed E-state index contributed by atoms with van der Waals surface area (Å²) in [6.07, 6.45) is 2.39. The maximum atomic E-state index is 11.3. The minimum Gasteiger partial charge on any atom is -0.469 e. The van der Waals surface area contributed by atoms with Crippen molar-refractivity contribution in [3.63, 3.8) is 0 Å². The van der Waals surface area contributed by atoms with Crippen LogP contribution in [0.1, 0.15) is 26.7 Å². The molecular formula is C12H24N2O2. The molecule has 0 saturated carbocycles. The van der Waals surface area contributed by atoms with Gasteiger partial charge in [-0.25, -0.2) is 0 Å². The molecule has 1 aliphatic heterocycles. The van der Waals surface area contributed by atoms with Gasteiger partial charge in [-0.2, -0.15) is 0 Å². The summed E-state index contributed by atoms with van der Waals surface area (Å²) in [6, 6.07) is 0.247. The summed E-state index contributed by atoms with van der Waals surface area (Å²) in [7, 11) is 1.44. The molecule has 3 atom stereocenters. The number of nitrogens with two attached hydrogens (primary N) is 1. The number of rotatable bonds is 4. The zero-order valence-corrected chi connectivity index (χ0v) is 10.6. The molecule has 0 radical (unpaired) electrons. The summed E-state index contributed by atoms with van der Waals surface area (Å²) in [5, 5.41) is 0. The van der Waals surface area contributed by atoms with Crippen molar-refractivity contribution in [3.8, 4) is 0 Å². The van der Waals surface area contributed by atoms with E-state index in [2.05, 4.69) is 11.8 Å². The van der Waals surface area contributed by atoms with Crippen LogP contribution in [-0.4, -0.2) is 43.7 Å². The van der Waals surface area contributed by atoms with Crippen LogP contribution in [0.15, 0.2) is 0 Å². The molecule has 94 valence electrons. The Morgan fingerprint density at radius 3 is 2.81 bits per heavy atom. The summed E-state index contributed by atoms with van der Waals surface area (Å²) in [5.41, 5.74) is 5.93. The van der Waals surface area contributed by atoms with Gasteiger partial charge >= 0.3 is 5.97 Å². The zero-order valence-electron chi connectivity index (χ0n) is 10.6. The van der Waals surface area contributed by atoms with E-state index in [1.54, 1.807) is 0 Å². The molecule has 16 heavy (non-hydrogen) atoms. The molecule has 0 aromatic rings. The molecule has 0 aliphatic carbocycles. The van der Waals surface area contributed by atoms with Crippen molar-refractivity contribution in [1.29, 1.82) is 0 Å². The monoisotopic (exact) mass is 228 g/mol. The van der Waals surface area contributed by atoms with E-state index in [1.807, 2.05) is 6.92 Å². The lowest BCUT2D eigenvalue weighted by atomic mass is 9.91. The van der Waals surface area contributed by atoms with Crippen LogP contribution in [-0.2, 0) is 9.53 Å². The molecule has 3 unspecified atom stereocenters. The number of carbonyl (C=O) groups is 1. The molecule has 0 aromatic heterocycles. The van der Waals surface area contributed by atoms with Crippen LogP contribution >= 0.6 is 0 Å². The van der Waals surface area contributed by atoms with Gasteiger partial charge < -0.3 is 15.4 Å². The highest BCUT2D eigenvalue weighted by molar-refractivity contribution is 5.72. The summed E-state index contributed by atoms with van der Waals surface area (Å²) >= 11 is 0. The van der Waals surface area contributed by atoms with Crippen LogP contribution < -0.4 is 5.73 Å². The summed E-state index contributed by atoms with van der Waals surface area (Å²) < 4.78 is 4.74. The van der Waals surface area contributed by atoms with E-state index in [0.29, 0.717) is 5.92 Å². The molecule has 4 heteroatoms. The Balaban J connectivity index is 2.39. The first-order valence-corrected chi connectivity index (χ1v) is 6.10. The van der Waals surface area contributed by atoms with E-state index in [-0.39, 0.29) is 17.9 Å². The maximum absolute atomic E-state index is 11.3. The molecule has 0 bridgehead atoms. The Morgan fingerprint density at radius 2 is 2.25 bits per heavy atom. The standard InChI is InChI=1S/C12H24N2O2/c1-9(12(15)16-3)7-14-6-4-5-11(8-14)10(2)13/h9-11H,4-8,13H2,1-3H3. The van der Waals surface area contributed by atoms with E-state index in [9.17, 15) is 4.79 Å². The van der Waals surface area contributed by atoms with Gasteiger partial charge in [0.25, 0.3) is 0 Å². The molecule has 0 aromatic carbocycles. The third-order valence-corrected chi connectivity index (χ3v) is 3.42. The van der Waals surface area contributed by atoms with Crippen LogP contribution in [0.5, 0.6) is 0 Å². The fraction of sp³-hybridized carbons (Fsp3) is 0.917. The van der Waals surface area contributed by atoms with Gasteiger partial charge in [-0.05, 0) is 32.2 Å². The van der Waals surface area contributed by atoms with Gasteiger partial charge in [-0.3, -0.25) is 4.79 Å². The van der Waals surface area contributed by atoms with Gasteiger partial charge in [-0.15, -0.1) is 0 Å². The van der Waals surface area contributed by atoms with E-state index in [4.69, 9.17) is 10.5 Å². The third kappa shape index (κ3) is 3.76. The fourth-order valence-electron chi connectivity index (χ4n) is 2.35. The number of ether oxygens (including phenoxy) is 1. The number of methoxy groups -OCH3 is 1. The Kier molecular flexibility index (Phi) is 5.22. The normalized spacial score (nSPS) is 26.1. The van der Waals surface area contributed by atoms with E-state index >= 15 is 0 Å².